The molecule has 2 rings (SSSR count). The summed E-state index contributed by atoms with van der Waals surface area (Å²) in [4.78, 5) is 1.96. The maximum absolute atomic E-state index is 13.2. The van der Waals surface area contributed by atoms with Crippen LogP contribution >= 0.6 is 0 Å². The maximum atomic E-state index is 13.2. The van der Waals surface area contributed by atoms with Gasteiger partial charge in [-0.3, -0.25) is 4.90 Å². The van der Waals surface area contributed by atoms with E-state index in [9.17, 15) is 13.2 Å². The monoisotopic (exact) mass is 294 g/mol. The number of halogens is 3. The Bertz CT molecular complexity index is 564. The van der Waals surface area contributed by atoms with Gasteiger partial charge in [-0.25, -0.2) is 13.2 Å². The van der Waals surface area contributed by atoms with Crippen molar-refractivity contribution >= 4 is 0 Å². The second-order valence-electron chi connectivity index (χ2n) is 4.86. The zero-order valence-corrected chi connectivity index (χ0v) is 11.5. The lowest BCUT2D eigenvalue weighted by Gasteiger charge is -2.22. The molecule has 2 aromatic carbocycles. The normalized spacial score (nSPS) is 11.1. The zero-order valence-electron chi connectivity index (χ0n) is 11.5. The van der Waals surface area contributed by atoms with Crippen molar-refractivity contribution in [3.63, 3.8) is 0 Å². The maximum Gasteiger partial charge on any atom is 0.194 e. The van der Waals surface area contributed by atoms with E-state index < -0.39 is 17.5 Å². The quantitative estimate of drug-likeness (QED) is 0.830. The predicted octanol–water partition coefficient (Wildman–Crippen LogP) is 3.06. The lowest BCUT2D eigenvalue weighted by Crippen LogP contribution is -2.28. The topological polar surface area (TPSA) is 29.3 Å². The molecule has 0 heterocycles. The summed E-state index contributed by atoms with van der Waals surface area (Å²) in [6, 6.07) is 11.7. The molecular weight excluding hydrogens is 277 g/mol. The van der Waals surface area contributed by atoms with Crippen molar-refractivity contribution in [3.05, 3.63) is 71.0 Å². The van der Waals surface area contributed by atoms with E-state index in [4.69, 9.17) is 5.73 Å². The molecule has 0 saturated heterocycles. The summed E-state index contributed by atoms with van der Waals surface area (Å²) >= 11 is 0. The number of rotatable bonds is 6. The van der Waals surface area contributed by atoms with Gasteiger partial charge in [0.15, 0.2) is 17.5 Å². The summed E-state index contributed by atoms with van der Waals surface area (Å²) in [5.41, 5.74) is 7.03. The molecule has 2 aromatic rings. The van der Waals surface area contributed by atoms with Gasteiger partial charge < -0.3 is 5.73 Å². The predicted molar refractivity (Wildman–Crippen MR) is 75.9 cm³/mol. The minimum absolute atomic E-state index is 0.306. The lowest BCUT2D eigenvalue weighted by atomic mass is 10.1. The van der Waals surface area contributed by atoms with Crippen LogP contribution < -0.4 is 5.73 Å². The van der Waals surface area contributed by atoms with Gasteiger partial charge in [-0.15, -0.1) is 0 Å². The molecule has 0 fully saturated rings. The second-order valence-corrected chi connectivity index (χ2v) is 4.86. The molecule has 2 nitrogen and oxygen atoms in total. The molecule has 0 atom stereocenters. The van der Waals surface area contributed by atoms with Gasteiger partial charge in [0.1, 0.15) is 0 Å². The molecule has 5 heteroatoms. The SMILES string of the molecule is NCCN(Cc1ccccc1)Cc1cc(F)c(F)c(F)c1. The highest BCUT2D eigenvalue weighted by Gasteiger charge is 2.13. The summed E-state index contributed by atoms with van der Waals surface area (Å²) < 4.78 is 39.4. The highest BCUT2D eigenvalue weighted by atomic mass is 19.2. The second kappa shape index (κ2) is 7.24. The first-order chi connectivity index (χ1) is 10.1. The number of nitrogens with zero attached hydrogens (tertiary/aromatic N) is 1. The number of benzene rings is 2. The van der Waals surface area contributed by atoms with Crippen LogP contribution in [0.3, 0.4) is 0 Å². The van der Waals surface area contributed by atoms with E-state index in [0.717, 1.165) is 17.7 Å². The molecule has 0 amide bonds. The third-order valence-corrected chi connectivity index (χ3v) is 3.14. The van der Waals surface area contributed by atoms with Gasteiger partial charge in [0.25, 0.3) is 0 Å². The molecule has 21 heavy (non-hydrogen) atoms. The van der Waals surface area contributed by atoms with Gasteiger partial charge in [0, 0.05) is 26.2 Å². The third kappa shape index (κ3) is 4.31. The summed E-state index contributed by atoms with van der Waals surface area (Å²) in [7, 11) is 0. The van der Waals surface area contributed by atoms with Crippen LogP contribution in [0.2, 0.25) is 0 Å². The molecule has 0 unspecified atom stereocenters. The Morgan fingerprint density at radius 2 is 1.43 bits per heavy atom. The first-order valence-electron chi connectivity index (χ1n) is 6.70. The molecule has 2 N–H and O–H groups in total. The third-order valence-electron chi connectivity index (χ3n) is 3.14. The smallest absolute Gasteiger partial charge is 0.194 e. The van der Waals surface area contributed by atoms with Crippen LogP contribution in [0.25, 0.3) is 0 Å². The number of hydrogen-bond donors (Lipinski definition) is 1. The van der Waals surface area contributed by atoms with Gasteiger partial charge in [-0.1, -0.05) is 30.3 Å². The van der Waals surface area contributed by atoms with E-state index in [1.54, 1.807) is 0 Å². The summed E-state index contributed by atoms with van der Waals surface area (Å²) in [5, 5.41) is 0. The van der Waals surface area contributed by atoms with Crippen molar-refractivity contribution < 1.29 is 13.2 Å². The van der Waals surface area contributed by atoms with Crippen LogP contribution in [0.1, 0.15) is 11.1 Å². The Morgan fingerprint density at radius 3 is 2.00 bits per heavy atom. The molecule has 112 valence electrons. The average Bonchev–Trinajstić information content (AvgIpc) is 2.46. The molecule has 0 aliphatic heterocycles. The summed E-state index contributed by atoms with van der Waals surface area (Å²) in [6.45, 7) is 1.92. The molecule has 0 aromatic heterocycles. The van der Waals surface area contributed by atoms with Crippen LogP contribution in [-0.4, -0.2) is 18.0 Å². The highest BCUT2D eigenvalue weighted by molar-refractivity contribution is 5.20. The van der Waals surface area contributed by atoms with Crippen LogP contribution in [-0.2, 0) is 13.1 Å². The van der Waals surface area contributed by atoms with E-state index in [0.29, 0.717) is 31.7 Å². The van der Waals surface area contributed by atoms with Gasteiger partial charge in [0.2, 0.25) is 0 Å². The molecule has 0 radical (unpaired) electrons. The van der Waals surface area contributed by atoms with Gasteiger partial charge in [0.05, 0.1) is 0 Å². The molecule has 0 aliphatic carbocycles. The van der Waals surface area contributed by atoms with E-state index in [1.165, 1.54) is 0 Å². The van der Waals surface area contributed by atoms with E-state index in [1.807, 2.05) is 35.2 Å². The number of nitrogens with two attached hydrogens (primary N) is 1. The first kappa shape index (κ1) is 15.5. The Labute approximate surface area is 122 Å². The molecule has 0 bridgehead atoms. The van der Waals surface area contributed by atoms with Crippen molar-refractivity contribution in [1.29, 1.82) is 0 Å². The highest BCUT2D eigenvalue weighted by Crippen LogP contribution is 2.16. The minimum Gasteiger partial charge on any atom is -0.329 e. The Morgan fingerprint density at radius 1 is 0.857 bits per heavy atom. The van der Waals surface area contributed by atoms with Crippen molar-refractivity contribution in [2.75, 3.05) is 13.1 Å². The standard InChI is InChI=1S/C16H17F3N2/c17-14-8-13(9-15(18)16(14)19)11-21(7-6-20)10-12-4-2-1-3-5-12/h1-5,8-9H,6-7,10-11,20H2. The lowest BCUT2D eigenvalue weighted by molar-refractivity contribution is 0.263. The molecule has 0 aliphatic rings. The van der Waals surface area contributed by atoms with E-state index >= 15 is 0 Å². The van der Waals surface area contributed by atoms with E-state index in [2.05, 4.69) is 0 Å². The number of hydrogen-bond acceptors (Lipinski definition) is 2. The molecular formula is C16H17F3N2. The van der Waals surface area contributed by atoms with Crippen LogP contribution in [0.4, 0.5) is 13.2 Å². The van der Waals surface area contributed by atoms with Crippen LogP contribution in [0.5, 0.6) is 0 Å². The van der Waals surface area contributed by atoms with Crippen LogP contribution in [0, 0.1) is 17.5 Å². The summed E-state index contributed by atoms with van der Waals surface area (Å²) in [6.07, 6.45) is 0. The average molecular weight is 294 g/mol. The van der Waals surface area contributed by atoms with Crippen molar-refractivity contribution in [2.45, 2.75) is 13.1 Å². The Hall–Kier alpha value is -1.85. The van der Waals surface area contributed by atoms with Crippen LogP contribution in [0.15, 0.2) is 42.5 Å². The van der Waals surface area contributed by atoms with Gasteiger partial charge in [-0.2, -0.15) is 0 Å². The van der Waals surface area contributed by atoms with Gasteiger partial charge in [-0.05, 0) is 23.3 Å². The Balaban J connectivity index is 2.12. The fourth-order valence-corrected chi connectivity index (χ4v) is 2.20. The van der Waals surface area contributed by atoms with Crippen molar-refractivity contribution in [1.82, 2.24) is 4.90 Å². The first-order valence-corrected chi connectivity index (χ1v) is 6.70. The fraction of sp³-hybridized carbons (Fsp3) is 0.250. The van der Waals surface area contributed by atoms with E-state index in [-0.39, 0.29) is 0 Å². The molecule has 0 spiro atoms. The van der Waals surface area contributed by atoms with Gasteiger partial charge >= 0.3 is 0 Å². The fourth-order valence-electron chi connectivity index (χ4n) is 2.20. The minimum atomic E-state index is -1.44. The van der Waals surface area contributed by atoms with Crippen molar-refractivity contribution in [2.24, 2.45) is 5.73 Å². The molecule has 0 saturated carbocycles. The largest absolute Gasteiger partial charge is 0.329 e. The zero-order chi connectivity index (χ0) is 15.2. The van der Waals surface area contributed by atoms with Crippen molar-refractivity contribution in [3.8, 4) is 0 Å². The summed E-state index contributed by atoms with van der Waals surface area (Å²) in [5.74, 6) is -3.78. The Kier molecular flexibility index (Phi) is 5.36.